The number of anilines is 1. The number of fused-ring (bicyclic) bond motifs is 1. The quantitative estimate of drug-likeness (QED) is 0.756. The lowest BCUT2D eigenvalue weighted by Crippen LogP contribution is -2.28. The zero-order valence-corrected chi connectivity index (χ0v) is 14.5. The molecule has 6 nitrogen and oxygen atoms in total. The predicted octanol–water partition coefficient (Wildman–Crippen LogP) is 1.76. The highest BCUT2D eigenvalue weighted by atomic mass is 16.1. The molecular weight excluding hydrogens is 326 g/mol. The van der Waals surface area contributed by atoms with E-state index in [0.717, 1.165) is 36.1 Å². The molecule has 3 aromatic heterocycles. The molecule has 130 valence electrons. The largest absolute Gasteiger partial charge is 0.346 e. The number of amides is 1. The number of nitrogens with one attached hydrogen (secondary N) is 2. The Morgan fingerprint density at radius 2 is 2.12 bits per heavy atom. The number of carbonyl (C=O) groups excluding carboxylic acids is 1. The van der Waals surface area contributed by atoms with Gasteiger partial charge in [0.2, 0.25) is 0 Å². The van der Waals surface area contributed by atoms with E-state index in [1.165, 1.54) is 10.8 Å². The van der Waals surface area contributed by atoms with Crippen molar-refractivity contribution in [2.24, 2.45) is 4.99 Å². The zero-order valence-electron chi connectivity index (χ0n) is 14.5. The predicted molar refractivity (Wildman–Crippen MR) is 99.5 cm³/mol. The summed E-state index contributed by atoms with van der Waals surface area (Å²) < 4.78 is 0. The summed E-state index contributed by atoms with van der Waals surface area (Å²) in [6, 6.07) is 7.37. The van der Waals surface area contributed by atoms with E-state index in [1.807, 2.05) is 31.3 Å². The van der Waals surface area contributed by atoms with E-state index in [2.05, 4.69) is 31.3 Å². The van der Waals surface area contributed by atoms with Gasteiger partial charge in [0, 0.05) is 42.5 Å². The molecule has 4 heterocycles. The van der Waals surface area contributed by atoms with E-state index in [0.29, 0.717) is 11.4 Å². The maximum Gasteiger partial charge on any atom is 0.258 e. The summed E-state index contributed by atoms with van der Waals surface area (Å²) in [5.74, 6) is 0.311. The first kappa shape index (κ1) is 16.2. The van der Waals surface area contributed by atoms with Gasteiger partial charge in [0.25, 0.3) is 5.91 Å². The van der Waals surface area contributed by atoms with Crippen LogP contribution in [0.2, 0.25) is 0 Å². The second-order valence-corrected chi connectivity index (χ2v) is 6.32. The van der Waals surface area contributed by atoms with Crippen LogP contribution in [0.1, 0.15) is 33.6 Å². The summed E-state index contributed by atoms with van der Waals surface area (Å²) in [5, 5.41) is 3.99. The number of nitrogens with zero attached hydrogens (tertiary/aromatic N) is 3. The zero-order chi connectivity index (χ0) is 17.9. The molecule has 3 aromatic rings. The Hall–Kier alpha value is -3.28. The van der Waals surface area contributed by atoms with Gasteiger partial charge in [0.15, 0.2) is 0 Å². The number of carbonyl (C=O) groups is 1. The van der Waals surface area contributed by atoms with Crippen molar-refractivity contribution in [1.82, 2.24) is 15.0 Å². The van der Waals surface area contributed by atoms with Crippen LogP contribution in [-0.4, -0.2) is 27.4 Å². The van der Waals surface area contributed by atoms with Crippen molar-refractivity contribution < 1.29 is 4.79 Å². The molecule has 6 heteroatoms. The summed E-state index contributed by atoms with van der Waals surface area (Å²) in [6.45, 7) is 2.73. The van der Waals surface area contributed by atoms with Gasteiger partial charge in [0.05, 0.1) is 5.56 Å². The van der Waals surface area contributed by atoms with Crippen LogP contribution in [0.15, 0.2) is 47.8 Å². The number of hydrogen-bond donors (Lipinski definition) is 2. The standard InChI is InChI=1S/C20H19N5O/c1-13-4-6-15(11-22-13)20(26)25-18-7-5-14(10-23-18)9-16-12-24-19-17(16)3-2-8-21-19/h3-7,10-12H,2,8-9H2,1H3,(H,21,24)(H,23,25,26). The molecule has 0 fully saturated rings. The molecule has 1 amide bonds. The van der Waals surface area contributed by atoms with Crippen molar-refractivity contribution in [3.05, 3.63) is 75.9 Å². The Kier molecular flexibility index (Phi) is 4.31. The second kappa shape index (κ2) is 6.92. The number of rotatable bonds is 4. The number of H-pyrrole nitrogens is 1. The Bertz CT molecular complexity index is 1050. The van der Waals surface area contributed by atoms with E-state index < -0.39 is 0 Å². The van der Waals surface area contributed by atoms with Crippen LogP contribution in [0.4, 0.5) is 5.82 Å². The third-order valence-corrected chi connectivity index (χ3v) is 4.37. The van der Waals surface area contributed by atoms with Gasteiger partial charge in [-0.05, 0) is 42.7 Å². The molecule has 2 N–H and O–H groups in total. The Morgan fingerprint density at radius 3 is 2.88 bits per heavy atom. The lowest BCUT2D eigenvalue weighted by Gasteiger charge is -2.06. The highest BCUT2D eigenvalue weighted by Crippen LogP contribution is 2.10. The van der Waals surface area contributed by atoms with Crippen LogP contribution < -0.4 is 16.0 Å². The van der Waals surface area contributed by atoms with Gasteiger partial charge in [0.1, 0.15) is 11.3 Å². The summed E-state index contributed by atoms with van der Waals surface area (Å²) >= 11 is 0. The van der Waals surface area contributed by atoms with Gasteiger partial charge in [-0.15, -0.1) is 0 Å². The Morgan fingerprint density at radius 1 is 1.19 bits per heavy atom. The van der Waals surface area contributed by atoms with Gasteiger partial charge in [-0.3, -0.25) is 14.8 Å². The second-order valence-electron chi connectivity index (χ2n) is 6.32. The number of pyridine rings is 2. The fourth-order valence-electron chi connectivity index (χ4n) is 2.97. The molecule has 0 unspecified atom stereocenters. The molecule has 1 aliphatic heterocycles. The lowest BCUT2D eigenvalue weighted by molar-refractivity contribution is 0.102. The van der Waals surface area contributed by atoms with E-state index in [1.54, 1.807) is 18.5 Å². The normalized spacial score (nSPS) is 12.7. The van der Waals surface area contributed by atoms with Gasteiger partial charge in [-0.2, -0.15) is 0 Å². The van der Waals surface area contributed by atoms with Crippen LogP contribution in [0.5, 0.6) is 0 Å². The van der Waals surface area contributed by atoms with Crippen LogP contribution >= 0.6 is 0 Å². The average Bonchev–Trinajstić information content (AvgIpc) is 3.07. The van der Waals surface area contributed by atoms with Crippen molar-refractivity contribution in [3.63, 3.8) is 0 Å². The van der Waals surface area contributed by atoms with E-state index in [9.17, 15) is 4.79 Å². The first-order valence-corrected chi connectivity index (χ1v) is 8.59. The minimum Gasteiger partial charge on any atom is -0.346 e. The van der Waals surface area contributed by atoms with Crippen molar-refractivity contribution in [2.45, 2.75) is 19.8 Å². The maximum absolute atomic E-state index is 12.2. The van der Waals surface area contributed by atoms with Gasteiger partial charge < -0.3 is 10.3 Å². The Balaban J connectivity index is 1.46. The maximum atomic E-state index is 12.2. The molecule has 4 rings (SSSR count). The molecule has 0 saturated carbocycles. The third-order valence-electron chi connectivity index (χ3n) is 4.37. The van der Waals surface area contributed by atoms with Crippen LogP contribution in [-0.2, 0) is 6.42 Å². The van der Waals surface area contributed by atoms with Gasteiger partial charge in [-0.25, -0.2) is 4.98 Å². The molecular formula is C20H19N5O. The fourth-order valence-corrected chi connectivity index (χ4v) is 2.97. The van der Waals surface area contributed by atoms with Gasteiger partial charge >= 0.3 is 0 Å². The van der Waals surface area contributed by atoms with Crippen molar-refractivity contribution in [3.8, 4) is 0 Å². The number of hydrogen-bond acceptors (Lipinski definition) is 4. The lowest BCUT2D eigenvalue weighted by atomic mass is 10.1. The van der Waals surface area contributed by atoms with Crippen LogP contribution in [0, 0.1) is 6.92 Å². The smallest absolute Gasteiger partial charge is 0.258 e. The van der Waals surface area contributed by atoms with Crippen molar-refractivity contribution >= 4 is 17.8 Å². The molecule has 0 aliphatic carbocycles. The molecule has 26 heavy (non-hydrogen) atoms. The first-order valence-electron chi connectivity index (χ1n) is 8.59. The SMILES string of the molecule is Cc1ccc(C(=O)Nc2ccc(Cc3c[nH]c4c3=CCCN=4)cn2)cn1. The average molecular weight is 345 g/mol. The fraction of sp³-hybridized carbons (Fsp3) is 0.200. The molecule has 0 aromatic carbocycles. The highest BCUT2D eigenvalue weighted by molar-refractivity contribution is 6.03. The number of aromatic amines is 1. The van der Waals surface area contributed by atoms with E-state index in [-0.39, 0.29) is 5.91 Å². The van der Waals surface area contributed by atoms with Crippen molar-refractivity contribution in [2.75, 3.05) is 11.9 Å². The molecule has 1 aliphatic rings. The van der Waals surface area contributed by atoms with E-state index in [4.69, 9.17) is 0 Å². The first-order chi connectivity index (χ1) is 12.7. The summed E-state index contributed by atoms with van der Waals surface area (Å²) in [7, 11) is 0. The third kappa shape index (κ3) is 3.39. The minimum atomic E-state index is -0.214. The van der Waals surface area contributed by atoms with Crippen LogP contribution in [0.3, 0.4) is 0 Å². The molecule has 0 atom stereocenters. The molecule has 0 radical (unpaired) electrons. The summed E-state index contributed by atoms with van der Waals surface area (Å²) in [6.07, 6.45) is 9.36. The molecule has 0 spiro atoms. The Labute approximate surface area is 150 Å². The monoisotopic (exact) mass is 345 g/mol. The van der Waals surface area contributed by atoms with Gasteiger partial charge in [-0.1, -0.05) is 12.1 Å². The number of aryl methyl sites for hydroxylation is 1. The number of aromatic nitrogens is 3. The highest BCUT2D eigenvalue weighted by Gasteiger charge is 2.08. The summed E-state index contributed by atoms with van der Waals surface area (Å²) in [5.41, 5.74) is 4.66. The van der Waals surface area contributed by atoms with E-state index >= 15 is 0 Å². The summed E-state index contributed by atoms with van der Waals surface area (Å²) in [4.78, 5) is 28.4. The topological polar surface area (TPSA) is 83.0 Å². The molecule has 0 saturated heterocycles. The minimum absolute atomic E-state index is 0.214. The van der Waals surface area contributed by atoms with Crippen molar-refractivity contribution in [1.29, 1.82) is 0 Å². The van der Waals surface area contributed by atoms with Crippen LogP contribution in [0.25, 0.3) is 6.08 Å². The molecule has 0 bridgehead atoms.